The topological polar surface area (TPSA) is 62.4 Å². The molecule has 0 spiro atoms. The highest BCUT2D eigenvalue weighted by atomic mass is 16.5. The first-order valence-corrected chi connectivity index (χ1v) is 9.00. The average molecular weight is 327 g/mol. The third-order valence-electron chi connectivity index (χ3n) is 5.23. The first kappa shape index (κ1) is 15.8. The maximum absolute atomic E-state index is 10.6. The van der Waals surface area contributed by atoms with Gasteiger partial charge in [0, 0.05) is 24.9 Å². The Morgan fingerprint density at radius 1 is 1.25 bits per heavy atom. The van der Waals surface area contributed by atoms with Crippen LogP contribution in [-0.4, -0.2) is 39.8 Å². The molecule has 1 aromatic heterocycles. The number of benzene rings is 1. The van der Waals surface area contributed by atoms with Crippen molar-refractivity contribution < 1.29 is 9.63 Å². The Kier molecular flexibility index (Phi) is 4.37. The summed E-state index contributed by atoms with van der Waals surface area (Å²) >= 11 is 0. The molecule has 24 heavy (non-hydrogen) atoms. The minimum Gasteiger partial charge on any atom is -0.387 e. The van der Waals surface area contributed by atoms with Gasteiger partial charge in [-0.2, -0.15) is 4.98 Å². The van der Waals surface area contributed by atoms with Crippen LogP contribution in [0.25, 0.3) is 0 Å². The lowest BCUT2D eigenvalue weighted by atomic mass is 9.96. The fourth-order valence-corrected chi connectivity index (χ4v) is 3.64. The molecule has 2 unspecified atom stereocenters. The van der Waals surface area contributed by atoms with Gasteiger partial charge >= 0.3 is 0 Å². The van der Waals surface area contributed by atoms with Crippen LogP contribution in [0.2, 0.25) is 0 Å². The number of aryl methyl sites for hydroxylation is 1. The summed E-state index contributed by atoms with van der Waals surface area (Å²) in [6.07, 6.45) is 4.12. The van der Waals surface area contributed by atoms with Crippen molar-refractivity contribution in [2.45, 2.75) is 50.5 Å². The van der Waals surface area contributed by atoms with Gasteiger partial charge < -0.3 is 9.63 Å². The molecule has 2 heterocycles. The van der Waals surface area contributed by atoms with E-state index in [9.17, 15) is 5.11 Å². The van der Waals surface area contributed by atoms with Crippen LogP contribution in [0.1, 0.15) is 66.5 Å². The third kappa shape index (κ3) is 3.37. The molecule has 1 aliphatic heterocycles. The lowest BCUT2D eigenvalue weighted by Gasteiger charge is -2.32. The summed E-state index contributed by atoms with van der Waals surface area (Å²) in [4.78, 5) is 6.95. The van der Waals surface area contributed by atoms with E-state index in [1.54, 1.807) is 0 Å². The number of hydrogen-bond acceptors (Lipinski definition) is 5. The highest BCUT2D eigenvalue weighted by molar-refractivity contribution is 5.27. The number of aliphatic hydroxyl groups is 1. The summed E-state index contributed by atoms with van der Waals surface area (Å²) in [6, 6.07) is 8.07. The Morgan fingerprint density at radius 3 is 2.88 bits per heavy atom. The molecule has 1 saturated heterocycles. The monoisotopic (exact) mass is 327 g/mol. The predicted octanol–water partition coefficient (Wildman–Crippen LogP) is 3.17. The van der Waals surface area contributed by atoms with Crippen LogP contribution in [0.4, 0.5) is 0 Å². The highest BCUT2D eigenvalue weighted by Gasteiger charge is 2.32. The molecule has 1 N–H and O–H groups in total. The van der Waals surface area contributed by atoms with Crippen molar-refractivity contribution in [3.8, 4) is 0 Å². The number of piperidine rings is 1. The number of rotatable bonds is 5. The molecule has 2 atom stereocenters. The Labute approximate surface area is 142 Å². The van der Waals surface area contributed by atoms with Gasteiger partial charge in [-0.25, -0.2) is 0 Å². The number of hydrogen-bond donors (Lipinski definition) is 1. The normalized spacial score (nSPS) is 23.3. The number of β-amino-alcohol motifs (C(OH)–C–C–N with tert-alkyl or cyclic N) is 1. The van der Waals surface area contributed by atoms with Gasteiger partial charge in [0.25, 0.3) is 0 Å². The molecule has 0 bridgehead atoms. The summed E-state index contributed by atoms with van der Waals surface area (Å²) in [5, 5.41) is 14.8. The minimum atomic E-state index is -0.447. The molecule has 5 nitrogen and oxygen atoms in total. The Bertz CT molecular complexity index is 695. The van der Waals surface area contributed by atoms with Crippen molar-refractivity contribution in [1.29, 1.82) is 0 Å². The highest BCUT2D eigenvalue weighted by Crippen LogP contribution is 2.39. The van der Waals surface area contributed by atoms with Crippen molar-refractivity contribution in [2.24, 2.45) is 0 Å². The summed E-state index contributed by atoms with van der Waals surface area (Å²) < 4.78 is 5.41. The van der Waals surface area contributed by atoms with Gasteiger partial charge in [-0.1, -0.05) is 29.4 Å². The largest absolute Gasteiger partial charge is 0.387 e. The number of aromatic nitrogens is 2. The molecule has 5 heteroatoms. The van der Waals surface area contributed by atoms with Crippen molar-refractivity contribution in [1.82, 2.24) is 15.0 Å². The first-order valence-electron chi connectivity index (χ1n) is 9.00. The minimum absolute atomic E-state index is 0.319. The SMILES string of the molecule is Cc1ccccc1C(O)CN1CCCC(c2noc(C3CC3)n2)C1. The van der Waals surface area contributed by atoms with E-state index in [0.717, 1.165) is 48.8 Å². The smallest absolute Gasteiger partial charge is 0.229 e. The molecule has 2 aromatic rings. The maximum atomic E-state index is 10.6. The van der Waals surface area contributed by atoms with Gasteiger partial charge in [0.15, 0.2) is 5.82 Å². The zero-order chi connectivity index (χ0) is 16.5. The molecule has 2 fully saturated rings. The second kappa shape index (κ2) is 6.65. The fourth-order valence-electron chi connectivity index (χ4n) is 3.64. The van der Waals surface area contributed by atoms with E-state index >= 15 is 0 Å². The van der Waals surface area contributed by atoms with Crippen LogP contribution in [0.15, 0.2) is 28.8 Å². The molecule has 1 aliphatic carbocycles. The van der Waals surface area contributed by atoms with E-state index in [4.69, 9.17) is 4.52 Å². The van der Waals surface area contributed by atoms with Gasteiger partial charge in [0.1, 0.15) is 0 Å². The Balaban J connectivity index is 1.40. The summed E-state index contributed by atoms with van der Waals surface area (Å²) in [7, 11) is 0. The van der Waals surface area contributed by atoms with Gasteiger partial charge in [-0.05, 0) is 50.3 Å². The molecule has 128 valence electrons. The zero-order valence-corrected chi connectivity index (χ0v) is 14.2. The zero-order valence-electron chi connectivity index (χ0n) is 14.2. The third-order valence-corrected chi connectivity index (χ3v) is 5.23. The van der Waals surface area contributed by atoms with E-state index in [-0.39, 0.29) is 0 Å². The second-order valence-corrected chi connectivity index (χ2v) is 7.24. The lowest BCUT2D eigenvalue weighted by Crippen LogP contribution is -2.37. The number of likely N-dealkylation sites (tertiary alicyclic amines) is 1. The van der Waals surface area contributed by atoms with Gasteiger partial charge in [-0.15, -0.1) is 0 Å². The standard InChI is InChI=1S/C19H25N3O2/c1-13-5-2-3-7-16(13)17(23)12-22-10-4-6-15(11-22)18-20-19(24-21-18)14-8-9-14/h2-3,5,7,14-15,17,23H,4,6,8-12H2,1H3. The molecule has 1 aromatic carbocycles. The van der Waals surface area contributed by atoms with Crippen LogP contribution in [-0.2, 0) is 0 Å². The maximum Gasteiger partial charge on any atom is 0.229 e. The van der Waals surface area contributed by atoms with Crippen LogP contribution in [0, 0.1) is 6.92 Å². The Hall–Kier alpha value is -1.72. The van der Waals surface area contributed by atoms with Crippen molar-refractivity contribution >= 4 is 0 Å². The molecule has 0 radical (unpaired) electrons. The van der Waals surface area contributed by atoms with Gasteiger partial charge in [0.05, 0.1) is 6.10 Å². The van der Waals surface area contributed by atoms with Gasteiger partial charge in [0.2, 0.25) is 5.89 Å². The molecular formula is C19H25N3O2. The Morgan fingerprint density at radius 2 is 2.08 bits per heavy atom. The lowest BCUT2D eigenvalue weighted by molar-refractivity contribution is 0.0938. The van der Waals surface area contributed by atoms with E-state index in [2.05, 4.69) is 28.0 Å². The molecular weight excluding hydrogens is 302 g/mol. The molecule has 2 aliphatic rings. The molecule has 4 rings (SSSR count). The van der Waals surface area contributed by atoms with E-state index < -0.39 is 6.10 Å². The molecule has 1 saturated carbocycles. The quantitative estimate of drug-likeness (QED) is 0.914. The number of aliphatic hydroxyl groups excluding tert-OH is 1. The van der Waals surface area contributed by atoms with E-state index in [1.165, 1.54) is 12.8 Å². The van der Waals surface area contributed by atoms with Crippen LogP contribution in [0.3, 0.4) is 0 Å². The van der Waals surface area contributed by atoms with E-state index in [1.807, 2.05) is 18.2 Å². The van der Waals surface area contributed by atoms with Gasteiger partial charge in [-0.3, -0.25) is 4.90 Å². The average Bonchev–Trinajstić information content (AvgIpc) is 3.32. The van der Waals surface area contributed by atoms with Crippen LogP contribution >= 0.6 is 0 Å². The van der Waals surface area contributed by atoms with Crippen molar-refractivity contribution in [3.05, 3.63) is 47.1 Å². The summed E-state index contributed by atoms with van der Waals surface area (Å²) in [5.41, 5.74) is 2.17. The van der Waals surface area contributed by atoms with Crippen LogP contribution < -0.4 is 0 Å². The summed E-state index contributed by atoms with van der Waals surface area (Å²) in [6.45, 7) is 4.63. The molecule has 0 amide bonds. The second-order valence-electron chi connectivity index (χ2n) is 7.24. The number of nitrogens with zero attached hydrogens (tertiary/aromatic N) is 3. The fraction of sp³-hybridized carbons (Fsp3) is 0.579. The van der Waals surface area contributed by atoms with Crippen molar-refractivity contribution in [3.63, 3.8) is 0 Å². The van der Waals surface area contributed by atoms with Crippen LogP contribution in [0.5, 0.6) is 0 Å². The summed E-state index contributed by atoms with van der Waals surface area (Å²) in [5.74, 6) is 2.50. The first-order chi connectivity index (χ1) is 11.7. The van der Waals surface area contributed by atoms with Crippen molar-refractivity contribution in [2.75, 3.05) is 19.6 Å². The predicted molar refractivity (Wildman–Crippen MR) is 90.8 cm³/mol. The van der Waals surface area contributed by atoms with E-state index in [0.29, 0.717) is 18.4 Å².